The third-order valence-electron chi connectivity index (χ3n) is 5.43. The highest BCUT2D eigenvalue weighted by Crippen LogP contribution is 2.54. The molecule has 0 saturated carbocycles. The number of halogens is 9. The second-order valence-corrected chi connectivity index (χ2v) is 9.44. The SMILES string of the molecule is CCc1nc(C(=O)N2CCC(F)CC2)c(-c2ccc(C(O)(C(F)(F)F)C(F)(F)F)c(Cl)c2Cl)s1. The summed E-state index contributed by atoms with van der Waals surface area (Å²) in [5.74, 6) is -0.573. The van der Waals surface area contributed by atoms with Crippen LogP contribution in [0, 0.1) is 0 Å². The highest BCUT2D eigenvalue weighted by atomic mass is 35.5. The number of hydrogen-bond acceptors (Lipinski definition) is 4. The predicted molar refractivity (Wildman–Crippen MR) is 113 cm³/mol. The smallest absolute Gasteiger partial charge is 0.369 e. The average molecular weight is 553 g/mol. The van der Waals surface area contributed by atoms with Crippen LogP contribution in [0.2, 0.25) is 10.0 Å². The zero-order valence-corrected chi connectivity index (χ0v) is 19.7. The molecule has 1 aromatic carbocycles. The van der Waals surface area contributed by atoms with Crippen molar-refractivity contribution in [1.29, 1.82) is 0 Å². The van der Waals surface area contributed by atoms with Crippen molar-refractivity contribution in [2.75, 3.05) is 13.1 Å². The Hall–Kier alpha value is -1.63. The number of benzene rings is 1. The minimum Gasteiger partial charge on any atom is -0.369 e. The average Bonchev–Trinajstić information content (AvgIpc) is 3.17. The fraction of sp³-hybridized carbons (Fsp3) is 0.500. The molecule has 3 rings (SSSR count). The summed E-state index contributed by atoms with van der Waals surface area (Å²) in [6.07, 6.45) is -12.7. The number of aliphatic hydroxyl groups is 1. The van der Waals surface area contributed by atoms with E-state index in [0.717, 1.165) is 17.4 Å². The van der Waals surface area contributed by atoms with Crippen LogP contribution in [0.4, 0.5) is 30.7 Å². The molecule has 1 amide bonds. The van der Waals surface area contributed by atoms with Crippen molar-refractivity contribution >= 4 is 40.4 Å². The Labute approximate surface area is 203 Å². The molecule has 2 heterocycles. The maximum Gasteiger partial charge on any atom is 0.430 e. The molecule has 0 bridgehead atoms. The predicted octanol–water partition coefficient (Wildman–Crippen LogP) is 6.57. The van der Waals surface area contributed by atoms with Crippen molar-refractivity contribution < 1.29 is 40.6 Å². The number of piperidine rings is 1. The number of amides is 1. The van der Waals surface area contributed by atoms with Crippen LogP contribution >= 0.6 is 34.5 Å². The molecule has 1 aromatic heterocycles. The molecule has 2 aromatic rings. The van der Waals surface area contributed by atoms with Gasteiger partial charge in [0.05, 0.1) is 19.9 Å². The largest absolute Gasteiger partial charge is 0.430 e. The van der Waals surface area contributed by atoms with Gasteiger partial charge in [-0.2, -0.15) is 26.3 Å². The topological polar surface area (TPSA) is 53.4 Å². The molecule has 0 radical (unpaired) electrons. The monoisotopic (exact) mass is 552 g/mol. The van der Waals surface area contributed by atoms with E-state index in [-0.39, 0.29) is 42.1 Å². The third-order valence-corrected chi connectivity index (χ3v) is 7.54. The molecule has 0 spiro atoms. The maximum absolute atomic E-state index is 13.5. The Morgan fingerprint density at radius 3 is 2.18 bits per heavy atom. The first kappa shape index (κ1) is 27.0. The second-order valence-electron chi connectivity index (χ2n) is 7.60. The Morgan fingerprint density at radius 1 is 1.12 bits per heavy atom. The highest BCUT2D eigenvalue weighted by Gasteiger charge is 2.72. The van der Waals surface area contributed by atoms with Crippen molar-refractivity contribution in [2.24, 2.45) is 0 Å². The van der Waals surface area contributed by atoms with Gasteiger partial charge >= 0.3 is 12.4 Å². The summed E-state index contributed by atoms with van der Waals surface area (Å²) in [7, 11) is 0. The minimum atomic E-state index is -6.15. The normalized spacial score (nSPS) is 16.3. The number of rotatable bonds is 4. The Bertz CT molecular complexity index is 1070. The van der Waals surface area contributed by atoms with Crippen molar-refractivity contribution in [3.05, 3.63) is 38.4 Å². The van der Waals surface area contributed by atoms with E-state index >= 15 is 0 Å². The lowest BCUT2D eigenvalue weighted by atomic mass is 9.91. The van der Waals surface area contributed by atoms with E-state index in [9.17, 15) is 40.6 Å². The molecule has 14 heteroatoms. The Balaban J connectivity index is 2.13. The molecule has 188 valence electrons. The third kappa shape index (κ3) is 4.61. The Kier molecular flexibility index (Phi) is 7.48. The zero-order chi connectivity index (χ0) is 25.6. The van der Waals surface area contributed by atoms with E-state index in [1.54, 1.807) is 6.92 Å². The maximum atomic E-state index is 13.5. The number of thiazole rings is 1. The Morgan fingerprint density at radius 2 is 1.68 bits per heavy atom. The molecule has 1 aliphatic rings. The molecule has 34 heavy (non-hydrogen) atoms. The van der Waals surface area contributed by atoms with Crippen LogP contribution in [0.15, 0.2) is 12.1 Å². The summed E-state index contributed by atoms with van der Waals surface area (Å²) >= 11 is 12.9. The summed E-state index contributed by atoms with van der Waals surface area (Å²) in [5, 5.41) is 8.28. The number of carbonyl (C=O) groups is 1. The van der Waals surface area contributed by atoms with Gasteiger partial charge in [-0.15, -0.1) is 11.3 Å². The number of alkyl halides is 7. The number of aromatic nitrogens is 1. The van der Waals surface area contributed by atoms with Crippen LogP contribution in [0.1, 0.15) is 40.8 Å². The lowest BCUT2D eigenvalue weighted by Gasteiger charge is -2.33. The van der Waals surface area contributed by atoms with Gasteiger partial charge in [0, 0.05) is 24.2 Å². The van der Waals surface area contributed by atoms with Gasteiger partial charge in [-0.25, -0.2) is 9.37 Å². The van der Waals surface area contributed by atoms with Crippen molar-refractivity contribution in [3.63, 3.8) is 0 Å². The quantitative estimate of drug-likeness (QED) is 0.437. The van der Waals surface area contributed by atoms with Crippen LogP contribution < -0.4 is 0 Å². The van der Waals surface area contributed by atoms with E-state index in [0.29, 0.717) is 17.5 Å². The summed E-state index contributed by atoms with van der Waals surface area (Å²) in [6.45, 7) is 1.97. The van der Waals surface area contributed by atoms with Crippen LogP contribution in [-0.2, 0) is 12.0 Å². The number of likely N-dealkylation sites (tertiary alicyclic amines) is 1. The molecule has 0 aliphatic carbocycles. The van der Waals surface area contributed by atoms with Gasteiger partial charge in [0.15, 0.2) is 0 Å². The van der Waals surface area contributed by atoms with Crippen molar-refractivity contribution in [1.82, 2.24) is 9.88 Å². The van der Waals surface area contributed by atoms with Gasteiger partial charge in [0.25, 0.3) is 11.5 Å². The summed E-state index contributed by atoms with van der Waals surface area (Å²) in [6, 6.07) is 1.20. The molecule has 1 aliphatic heterocycles. The minimum absolute atomic E-state index is 0.0882. The van der Waals surface area contributed by atoms with E-state index < -0.39 is 45.6 Å². The summed E-state index contributed by atoms with van der Waals surface area (Å²) in [4.78, 5) is 18.7. The van der Waals surface area contributed by atoms with Gasteiger partial charge in [-0.05, 0) is 19.3 Å². The molecule has 0 unspecified atom stereocenters. The fourth-order valence-electron chi connectivity index (χ4n) is 3.51. The van der Waals surface area contributed by atoms with E-state index in [1.165, 1.54) is 4.90 Å². The van der Waals surface area contributed by atoms with E-state index in [1.807, 2.05) is 0 Å². The molecule has 1 saturated heterocycles. The number of aryl methyl sites for hydroxylation is 1. The van der Waals surface area contributed by atoms with Gasteiger partial charge in [-0.1, -0.05) is 42.3 Å². The number of carbonyl (C=O) groups excluding carboxylic acids is 1. The van der Waals surface area contributed by atoms with E-state index in [2.05, 4.69) is 4.98 Å². The molecule has 4 nitrogen and oxygen atoms in total. The first-order valence-electron chi connectivity index (χ1n) is 9.91. The molecular formula is C20H17Cl2F7N2O2S. The van der Waals surface area contributed by atoms with Crippen LogP contribution in [0.5, 0.6) is 0 Å². The van der Waals surface area contributed by atoms with Gasteiger partial charge in [-0.3, -0.25) is 4.79 Å². The second kappa shape index (κ2) is 9.44. The molecule has 0 atom stereocenters. The van der Waals surface area contributed by atoms with Gasteiger partial charge in [0.2, 0.25) is 0 Å². The van der Waals surface area contributed by atoms with Gasteiger partial charge in [0.1, 0.15) is 11.9 Å². The first-order chi connectivity index (χ1) is 15.6. The molecular weight excluding hydrogens is 536 g/mol. The van der Waals surface area contributed by atoms with Gasteiger partial charge < -0.3 is 10.0 Å². The number of hydrogen-bond donors (Lipinski definition) is 1. The summed E-state index contributed by atoms with van der Waals surface area (Å²) in [5.41, 5.74) is -7.20. The highest BCUT2D eigenvalue weighted by molar-refractivity contribution is 7.15. The standard InChI is InChI=1S/C20H17Cl2F7N2O2S/c1-2-12-30-15(17(32)31-7-5-9(23)6-8-31)16(34-12)10-3-4-11(14(22)13(10)21)18(33,19(24,25)26)20(27,28)29/h3-4,9,33H,2,5-8H2,1H3. The lowest BCUT2D eigenvalue weighted by molar-refractivity contribution is -0.376. The van der Waals surface area contributed by atoms with Crippen LogP contribution in [0.3, 0.4) is 0 Å². The van der Waals surface area contributed by atoms with E-state index in [4.69, 9.17) is 23.2 Å². The summed E-state index contributed by atoms with van der Waals surface area (Å²) < 4.78 is 93.4. The molecule has 1 fully saturated rings. The first-order valence-corrected chi connectivity index (χ1v) is 11.5. The van der Waals surface area contributed by atoms with Crippen molar-refractivity contribution in [2.45, 2.75) is 50.3 Å². The van der Waals surface area contributed by atoms with Crippen molar-refractivity contribution in [3.8, 4) is 10.4 Å². The lowest BCUT2D eigenvalue weighted by Crippen LogP contribution is -2.54. The van der Waals surface area contributed by atoms with Crippen LogP contribution in [0.25, 0.3) is 10.4 Å². The zero-order valence-electron chi connectivity index (χ0n) is 17.3. The fourth-order valence-corrected chi connectivity index (χ4v) is 5.16. The number of nitrogens with zero attached hydrogens (tertiary/aromatic N) is 2. The van der Waals surface area contributed by atoms with Crippen LogP contribution in [-0.4, -0.2) is 52.5 Å². The molecule has 1 N–H and O–H groups in total.